The zero-order valence-corrected chi connectivity index (χ0v) is 8.39. The van der Waals surface area contributed by atoms with Crippen LogP contribution in [0.4, 0.5) is 0 Å². The molecule has 0 spiro atoms. The molecule has 14 heavy (non-hydrogen) atoms. The number of aromatic nitrogens is 2. The van der Waals surface area contributed by atoms with Crippen molar-refractivity contribution in [2.24, 2.45) is 5.73 Å². The number of fused-ring (bicyclic) bond motifs is 1. The van der Waals surface area contributed by atoms with Crippen molar-refractivity contribution >= 4 is 28.7 Å². The van der Waals surface area contributed by atoms with E-state index < -0.39 is 5.91 Å². The van der Waals surface area contributed by atoms with Gasteiger partial charge in [0.15, 0.2) is 0 Å². The molecule has 0 atom stereocenters. The summed E-state index contributed by atoms with van der Waals surface area (Å²) in [6, 6.07) is 3.46. The third-order valence-corrected chi connectivity index (χ3v) is 2.76. The Hall–Kier alpha value is -1.49. The van der Waals surface area contributed by atoms with Crippen LogP contribution in [0.25, 0.3) is 11.0 Å². The molecule has 72 valence electrons. The van der Waals surface area contributed by atoms with Crippen LogP contribution in [0.1, 0.15) is 10.4 Å². The van der Waals surface area contributed by atoms with E-state index in [0.29, 0.717) is 5.56 Å². The molecule has 2 rings (SSSR count). The number of nitrogens with two attached hydrogens (primary N) is 1. The van der Waals surface area contributed by atoms with E-state index >= 15 is 0 Å². The van der Waals surface area contributed by atoms with Crippen molar-refractivity contribution in [3.8, 4) is 0 Å². The average Bonchev–Trinajstić information content (AvgIpc) is 2.63. The Kier molecular flexibility index (Phi) is 2.17. The van der Waals surface area contributed by atoms with Gasteiger partial charge in [0.2, 0.25) is 5.91 Å². The smallest absolute Gasteiger partial charge is 0.248 e. The lowest BCUT2D eigenvalue weighted by Crippen LogP contribution is -2.10. The highest BCUT2D eigenvalue weighted by atomic mass is 32.2. The number of amides is 1. The standard InChI is InChI=1S/C9H9N3OS/c1-14-7-3-5(9(10)13)2-6-8(7)12-4-11-6/h2-4H,1H3,(H2,10,13)(H,11,12). The molecule has 3 N–H and O–H groups in total. The first-order valence-electron chi connectivity index (χ1n) is 4.03. The van der Waals surface area contributed by atoms with E-state index in [-0.39, 0.29) is 0 Å². The molecule has 0 unspecified atom stereocenters. The molecule has 1 aromatic heterocycles. The largest absolute Gasteiger partial charge is 0.366 e. The fourth-order valence-corrected chi connectivity index (χ4v) is 1.93. The Balaban J connectivity index is 2.73. The van der Waals surface area contributed by atoms with E-state index in [4.69, 9.17) is 5.73 Å². The predicted octanol–water partition coefficient (Wildman–Crippen LogP) is 1.38. The average molecular weight is 207 g/mol. The molecule has 0 aliphatic rings. The minimum Gasteiger partial charge on any atom is -0.366 e. The van der Waals surface area contributed by atoms with Gasteiger partial charge in [-0.3, -0.25) is 4.79 Å². The third-order valence-electron chi connectivity index (χ3n) is 2.00. The molecule has 2 aromatic rings. The van der Waals surface area contributed by atoms with Crippen LogP contribution >= 0.6 is 11.8 Å². The summed E-state index contributed by atoms with van der Waals surface area (Å²) in [5.41, 5.74) is 7.42. The molecule has 0 fully saturated rings. The lowest BCUT2D eigenvalue weighted by Gasteiger charge is -2.01. The van der Waals surface area contributed by atoms with Crippen LogP contribution in [0.15, 0.2) is 23.4 Å². The Morgan fingerprint density at radius 1 is 1.57 bits per heavy atom. The van der Waals surface area contributed by atoms with Gasteiger partial charge in [-0.2, -0.15) is 0 Å². The van der Waals surface area contributed by atoms with Gasteiger partial charge in [0.25, 0.3) is 0 Å². The third kappa shape index (κ3) is 1.35. The van der Waals surface area contributed by atoms with Crippen LogP contribution in [0, 0.1) is 0 Å². The molecule has 1 aromatic carbocycles. The second-order valence-corrected chi connectivity index (χ2v) is 3.69. The number of rotatable bonds is 2. The summed E-state index contributed by atoms with van der Waals surface area (Å²) in [7, 11) is 0. The number of H-pyrrole nitrogens is 1. The van der Waals surface area contributed by atoms with Crippen molar-refractivity contribution in [2.75, 3.05) is 6.26 Å². The van der Waals surface area contributed by atoms with Gasteiger partial charge < -0.3 is 10.7 Å². The molecule has 1 amide bonds. The number of hydrogen-bond donors (Lipinski definition) is 2. The summed E-state index contributed by atoms with van der Waals surface area (Å²) in [6.07, 6.45) is 3.55. The Labute approximate surface area is 84.9 Å². The Morgan fingerprint density at radius 3 is 3.00 bits per heavy atom. The normalized spacial score (nSPS) is 10.6. The lowest BCUT2D eigenvalue weighted by molar-refractivity contribution is 0.1000. The number of thioether (sulfide) groups is 1. The number of carbonyl (C=O) groups excluding carboxylic acids is 1. The summed E-state index contributed by atoms with van der Waals surface area (Å²) < 4.78 is 0. The minimum absolute atomic E-state index is 0.426. The number of nitrogens with zero attached hydrogens (tertiary/aromatic N) is 1. The summed E-state index contributed by atoms with van der Waals surface area (Å²) in [5.74, 6) is -0.426. The second-order valence-electron chi connectivity index (χ2n) is 2.84. The maximum absolute atomic E-state index is 11.0. The number of hydrogen-bond acceptors (Lipinski definition) is 3. The van der Waals surface area contributed by atoms with E-state index in [2.05, 4.69) is 9.97 Å². The van der Waals surface area contributed by atoms with Crippen molar-refractivity contribution in [3.63, 3.8) is 0 Å². The van der Waals surface area contributed by atoms with Crippen molar-refractivity contribution in [2.45, 2.75) is 4.90 Å². The quantitative estimate of drug-likeness (QED) is 0.731. The second kappa shape index (κ2) is 3.34. The van der Waals surface area contributed by atoms with Crippen LogP contribution in [-0.2, 0) is 0 Å². The van der Waals surface area contributed by atoms with Gasteiger partial charge in [0.05, 0.1) is 17.4 Å². The molecule has 0 radical (unpaired) electrons. The molecule has 1 heterocycles. The van der Waals surface area contributed by atoms with Gasteiger partial charge in [-0.05, 0) is 18.4 Å². The van der Waals surface area contributed by atoms with Crippen molar-refractivity contribution in [3.05, 3.63) is 24.0 Å². The van der Waals surface area contributed by atoms with Gasteiger partial charge in [0, 0.05) is 10.5 Å². The number of aromatic amines is 1. The molecule has 0 saturated carbocycles. The van der Waals surface area contributed by atoms with Gasteiger partial charge in [0.1, 0.15) is 0 Å². The van der Waals surface area contributed by atoms with Crippen LogP contribution in [-0.4, -0.2) is 22.1 Å². The zero-order chi connectivity index (χ0) is 10.1. The Morgan fingerprint density at radius 2 is 2.36 bits per heavy atom. The topological polar surface area (TPSA) is 71.8 Å². The minimum atomic E-state index is -0.426. The lowest BCUT2D eigenvalue weighted by atomic mass is 10.2. The van der Waals surface area contributed by atoms with E-state index in [0.717, 1.165) is 15.9 Å². The fraction of sp³-hybridized carbons (Fsp3) is 0.111. The molecule has 0 saturated heterocycles. The maximum atomic E-state index is 11.0. The first-order valence-corrected chi connectivity index (χ1v) is 5.26. The first kappa shape index (κ1) is 9.08. The van der Waals surface area contributed by atoms with E-state index in [1.807, 2.05) is 6.26 Å². The number of primary amides is 1. The number of nitrogens with one attached hydrogen (secondary N) is 1. The molecular weight excluding hydrogens is 198 g/mol. The maximum Gasteiger partial charge on any atom is 0.248 e. The molecule has 0 aliphatic heterocycles. The number of imidazole rings is 1. The molecule has 0 bridgehead atoms. The highest BCUT2D eigenvalue weighted by Gasteiger charge is 2.08. The molecular formula is C9H9N3OS. The molecule has 0 aliphatic carbocycles. The Bertz CT molecular complexity index is 492. The highest BCUT2D eigenvalue weighted by Crippen LogP contribution is 2.25. The van der Waals surface area contributed by atoms with E-state index in [1.165, 1.54) is 0 Å². The fourth-order valence-electron chi connectivity index (χ4n) is 1.32. The molecule has 5 heteroatoms. The van der Waals surface area contributed by atoms with Crippen molar-refractivity contribution in [1.82, 2.24) is 9.97 Å². The predicted molar refractivity (Wildman–Crippen MR) is 56.4 cm³/mol. The summed E-state index contributed by atoms with van der Waals surface area (Å²) >= 11 is 1.56. The molecule has 4 nitrogen and oxygen atoms in total. The van der Waals surface area contributed by atoms with Gasteiger partial charge in [-0.15, -0.1) is 11.8 Å². The SMILES string of the molecule is CSc1cc(C(N)=O)cc2nc[nH]c12. The van der Waals surface area contributed by atoms with E-state index in [9.17, 15) is 4.79 Å². The number of benzene rings is 1. The van der Waals surface area contributed by atoms with Crippen LogP contribution < -0.4 is 5.73 Å². The first-order chi connectivity index (χ1) is 6.72. The van der Waals surface area contributed by atoms with Gasteiger partial charge in [-0.1, -0.05) is 0 Å². The van der Waals surface area contributed by atoms with Crippen molar-refractivity contribution in [1.29, 1.82) is 0 Å². The summed E-state index contributed by atoms with van der Waals surface area (Å²) in [6.45, 7) is 0. The monoisotopic (exact) mass is 207 g/mol. The van der Waals surface area contributed by atoms with Crippen molar-refractivity contribution < 1.29 is 4.79 Å². The summed E-state index contributed by atoms with van der Waals surface area (Å²) in [5, 5.41) is 0. The number of carbonyl (C=O) groups is 1. The highest BCUT2D eigenvalue weighted by molar-refractivity contribution is 7.98. The summed E-state index contributed by atoms with van der Waals surface area (Å²) in [4.78, 5) is 19.1. The van der Waals surface area contributed by atoms with Crippen LogP contribution in [0.5, 0.6) is 0 Å². The van der Waals surface area contributed by atoms with Gasteiger partial charge >= 0.3 is 0 Å². The van der Waals surface area contributed by atoms with E-state index in [1.54, 1.807) is 30.2 Å². The van der Waals surface area contributed by atoms with Gasteiger partial charge in [-0.25, -0.2) is 4.98 Å². The zero-order valence-electron chi connectivity index (χ0n) is 7.57. The van der Waals surface area contributed by atoms with Crippen LogP contribution in [0.2, 0.25) is 0 Å². The van der Waals surface area contributed by atoms with Crippen LogP contribution in [0.3, 0.4) is 0 Å².